The number of benzene rings is 2. The minimum absolute atomic E-state index is 0.164. The number of ether oxygens (including phenoxy) is 2. The quantitative estimate of drug-likeness (QED) is 0.747. The summed E-state index contributed by atoms with van der Waals surface area (Å²) in [4.78, 5) is 12.9. The van der Waals surface area contributed by atoms with Gasteiger partial charge in [-0.05, 0) is 68.3 Å². The fraction of sp³-hybridized carbons (Fsp3) is 0.381. The summed E-state index contributed by atoms with van der Waals surface area (Å²) in [5, 5.41) is 2.88. The van der Waals surface area contributed by atoms with Gasteiger partial charge in [0.15, 0.2) is 0 Å². The van der Waals surface area contributed by atoms with Crippen LogP contribution in [0.4, 0.5) is 5.69 Å². The van der Waals surface area contributed by atoms with Crippen molar-refractivity contribution in [2.75, 3.05) is 32.1 Å². The lowest BCUT2D eigenvalue weighted by Crippen LogP contribution is -2.43. The molecule has 2 aromatic rings. The first-order chi connectivity index (χ1) is 13.9. The first kappa shape index (κ1) is 21.1. The molecule has 29 heavy (non-hydrogen) atoms. The highest BCUT2D eigenvalue weighted by Gasteiger charge is 2.33. The van der Waals surface area contributed by atoms with E-state index < -0.39 is 15.9 Å². The maximum atomic E-state index is 13.0. The molecule has 1 heterocycles. The molecule has 0 spiro atoms. The standard InChI is InChI=1S/C21H26N2O5S/c1-3-28-19-8-6-17(7-9-19)22-21(24)16-5-4-14-23(15-16)29(25,26)20-12-10-18(27-2)11-13-20/h6-13,16H,3-5,14-15H2,1-2H3,(H,22,24)/t16-/m1/s1. The molecule has 2 aromatic carbocycles. The van der Waals surface area contributed by atoms with Crippen molar-refractivity contribution in [3.8, 4) is 11.5 Å². The van der Waals surface area contributed by atoms with Crippen LogP contribution < -0.4 is 14.8 Å². The van der Waals surface area contributed by atoms with Gasteiger partial charge in [-0.25, -0.2) is 8.42 Å². The highest BCUT2D eigenvalue weighted by atomic mass is 32.2. The lowest BCUT2D eigenvalue weighted by atomic mass is 9.99. The molecular formula is C21H26N2O5S. The number of piperidine rings is 1. The summed E-state index contributed by atoms with van der Waals surface area (Å²) in [5.74, 6) is 0.752. The molecule has 3 rings (SSSR count). The molecule has 1 atom stereocenters. The van der Waals surface area contributed by atoms with Gasteiger partial charge in [0, 0.05) is 18.8 Å². The van der Waals surface area contributed by atoms with Crippen molar-refractivity contribution < 1.29 is 22.7 Å². The van der Waals surface area contributed by atoms with Gasteiger partial charge in [-0.2, -0.15) is 4.31 Å². The number of sulfonamides is 1. The zero-order valence-corrected chi connectivity index (χ0v) is 17.4. The normalized spacial score (nSPS) is 17.5. The largest absolute Gasteiger partial charge is 0.497 e. The third-order valence-electron chi connectivity index (χ3n) is 4.88. The van der Waals surface area contributed by atoms with Crippen molar-refractivity contribution >= 4 is 21.6 Å². The summed E-state index contributed by atoms with van der Waals surface area (Å²) in [7, 11) is -2.13. The third-order valence-corrected chi connectivity index (χ3v) is 6.76. The summed E-state index contributed by atoms with van der Waals surface area (Å²) in [5.41, 5.74) is 0.661. The van der Waals surface area contributed by atoms with Gasteiger partial charge in [0.2, 0.25) is 15.9 Å². The SMILES string of the molecule is CCOc1ccc(NC(=O)[C@@H]2CCCN(S(=O)(=O)c3ccc(OC)cc3)C2)cc1. The Labute approximate surface area is 171 Å². The van der Waals surface area contributed by atoms with Crippen molar-refractivity contribution in [2.24, 2.45) is 5.92 Å². The average Bonchev–Trinajstić information content (AvgIpc) is 2.75. The molecule has 0 aromatic heterocycles. The van der Waals surface area contributed by atoms with Crippen LogP contribution in [0.15, 0.2) is 53.4 Å². The van der Waals surface area contributed by atoms with Crippen LogP contribution in [0, 0.1) is 5.92 Å². The van der Waals surface area contributed by atoms with Crippen LogP contribution in [0.2, 0.25) is 0 Å². The highest BCUT2D eigenvalue weighted by molar-refractivity contribution is 7.89. The molecular weight excluding hydrogens is 392 g/mol. The molecule has 0 saturated carbocycles. The molecule has 1 aliphatic rings. The smallest absolute Gasteiger partial charge is 0.243 e. The van der Waals surface area contributed by atoms with Crippen molar-refractivity contribution in [3.63, 3.8) is 0 Å². The highest BCUT2D eigenvalue weighted by Crippen LogP contribution is 2.26. The van der Waals surface area contributed by atoms with Gasteiger partial charge in [-0.3, -0.25) is 4.79 Å². The fourth-order valence-corrected chi connectivity index (χ4v) is 4.84. The van der Waals surface area contributed by atoms with Gasteiger partial charge in [0.1, 0.15) is 11.5 Å². The number of methoxy groups -OCH3 is 1. The molecule has 0 unspecified atom stereocenters. The minimum Gasteiger partial charge on any atom is -0.497 e. The second-order valence-electron chi connectivity index (χ2n) is 6.82. The molecule has 7 nitrogen and oxygen atoms in total. The Morgan fingerprint density at radius 3 is 2.38 bits per heavy atom. The summed E-state index contributed by atoms with van der Waals surface area (Å²) < 4.78 is 37.8. The molecule has 8 heteroatoms. The van der Waals surface area contributed by atoms with Crippen LogP contribution in [0.25, 0.3) is 0 Å². The van der Waals surface area contributed by atoms with Gasteiger partial charge in [-0.15, -0.1) is 0 Å². The number of hydrogen-bond acceptors (Lipinski definition) is 5. The van der Waals surface area contributed by atoms with E-state index in [1.807, 2.05) is 6.92 Å². The van der Waals surface area contributed by atoms with Crippen molar-refractivity contribution in [2.45, 2.75) is 24.7 Å². The Morgan fingerprint density at radius 1 is 1.10 bits per heavy atom. The second kappa shape index (κ2) is 9.28. The van der Waals surface area contributed by atoms with Crippen LogP contribution in [0.3, 0.4) is 0 Å². The van der Waals surface area contributed by atoms with Crippen LogP contribution in [0.5, 0.6) is 11.5 Å². The lowest BCUT2D eigenvalue weighted by molar-refractivity contribution is -0.120. The maximum absolute atomic E-state index is 13.0. The Kier molecular flexibility index (Phi) is 6.76. The molecule has 1 aliphatic heterocycles. The van der Waals surface area contributed by atoms with E-state index >= 15 is 0 Å². The number of carbonyl (C=O) groups is 1. The molecule has 156 valence electrons. The van der Waals surface area contributed by atoms with Gasteiger partial charge in [-0.1, -0.05) is 0 Å². The maximum Gasteiger partial charge on any atom is 0.243 e. The van der Waals surface area contributed by atoms with E-state index in [4.69, 9.17) is 9.47 Å². The van der Waals surface area contributed by atoms with Crippen LogP contribution in [-0.4, -0.2) is 45.4 Å². The molecule has 0 aliphatic carbocycles. The minimum atomic E-state index is -3.66. The van der Waals surface area contributed by atoms with E-state index in [9.17, 15) is 13.2 Å². The summed E-state index contributed by atoms with van der Waals surface area (Å²) >= 11 is 0. The summed E-state index contributed by atoms with van der Waals surface area (Å²) in [6.45, 7) is 3.05. The number of nitrogens with zero attached hydrogens (tertiary/aromatic N) is 1. The molecule has 0 bridgehead atoms. The van der Waals surface area contributed by atoms with Gasteiger partial charge in [0.05, 0.1) is 24.5 Å². The predicted molar refractivity (Wildman–Crippen MR) is 111 cm³/mol. The number of amides is 1. The zero-order valence-electron chi connectivity index (χ0n) is 16.6. The van der Waals surface area contributed by atoms with Crippen LogP contribution >= 0.6 is 0 Å². The average molecular weight is 419 g/mol. The fourth-order valence-electron chi connectivity index (χ4n) is 3.32. The Bertz CT molecular complexity index is 927. The van der Waals surface area contributed by atoms with E-state index in [0.29, 0.717) is 37.4 Å². The van der Waals surface area contributed by atoms with Crippen LogP contribution in [0.1, 0.15) is 19.8 Å². The molecule has 1 N–H and O–H groups in total. The summed E-state index contributed by atoms with van der Waals surface area (Å²) in [6.07, 6.45) is 1.29. The molecule has 1 fully saturated rings. The zero-order chi connectivity index (χ0) is 20.9. The first-order valence-electron chi connectivity index (χ1n) is 9.62. The van der Waals surface area contributed by atoms with Gasteiger partial charge in [0.25, 0.3) is 0 Å². The summed E-state index contributed by atoms with van der Waals surface area (Å²) in [6, 6.07) is 13.4. The number of nitrogens with one attached hydrogen (secondary N) is 1. The number of carbonyl (C=O) groups excluding carboxylic acids is 1. The second-order valence-corrected chi connectivity index (χ2v) is 8.76. The van der Waals surface area contributed by atoms with Crippen LogP contribution in [-0.2, 0) is 14.8 Å². The number of rotatable bonds is 7. The van der Waals surface area contributed by atoms with E-state index in [-0.39, 0.29) is 17.3 Å². The van der Waals surface area contributed by atoms with Crippen molar-refractivity contribution in [1.29, 1.82) is 0 Å². The van der Waals surface area contributed by atoms with Crippen molar-refractivity contribution in [3.05, 3.63) is 48.5 Å². The topological polar surface area (TPSA) is 84.9 Å². The molecule has 1 amide bonds. The number of hydrogen-bond donors (Lipinski definition) is 1. The van der Waals surface area contributed by atoms with Crippen molar-refractivity contribution in [1.82, 2.24) is 4.31 Å². The Hall–Kier alpha value is -2.58. The Balaban J connectivity index is 1.66. The van der Waals surface area contributed by atoms with E-state index in [0.717, 1.165) is 5.75 Å². The van der Waals surface area contributed by atoms with E-state index in [1.165, 1.54) is 23.5 Å². The van der Waals surface area contributed by atoms with Gasteiger partial charge < -0.3 is 14.8 Å². The van der Waals surface area contributed by atoms with E-state index in [2.05, 4.69) is 5.32 Å². The monoisotopic (exact) mass is 418 g/mol. The van der Waals surface area contributed by atoms with Gasteiger partial charge >= 0.3 is 0 Å². The molecule has 1 saturated heterocycles. The third kappa shape index (κ3) is 5.07. The lowest BCUT2D eigenvalue weighted by Gasteiger charge is -2.31. The number of anilines is 1. The first-order valence-corrected chi connectivity index (χ1v) is 11.1. The Morgan fingerprint density at radius 2 is 1.76 bits per heavy atom. The predicted octanol–water partition coefficient (Wildman–Crippen LogP) is 3.13. The van der Waals surface area contributed by atoms with E-state index in [1.54, 1.807) is 36.4 Å². The molecule has 0 radical (unpaired) electrons.